The minimum atomic E-state index is 0.460. The van der Waals surface area contributed by atoms with Gasteiger partial charge in [-0.05, 0) is 26.0 Å². The first kappa shape index (κ1) is 14.1. The first-order valence-electron chi connectivity index (χ1n) is 7.14. The lowest BCUT2D eigenvalue weighted by Crippen LogP contribution is -2.32. The van der Waals surface area contributed by atoms with Gasteiger partial charge in [0, 0.05) is 23.5 Å². The van der Waals surface area contributed by atoms with Crippen LogP contribution in [0, 0.1) is 0 Å². The SMILES string of the molecule is CCC(C)N(CC)Cc1c(CN)oc2ccccc12. The number of hydrogen-bond acceptors (Lipinski definition) is 3. The summed E-state index contributed by atoms with van der Waals surface area (Å²) in [6.07, 6.45) is 1.15. The highest BCUT2D eigenvalue weighted by molar-refractivity contribution is 5.82. The topological polar surface area (TPSA) is 42.4 Å². The van der Waals surface area contributed by atoms with Crippen molar-refractivity contribution in [1.29, 1.82) is 0 Å². The minimum Gasteiger partial charge on any atom is -0.459 e. The van der Waals surface area contributed by atoms with Crippen LogP contribution in [0.4, 0.5) is 0 Å². The fourth-order valence-corrected chi connectivity index (χ4v) is 2.53. The highest BCUT2D eigenvalue weighted by Gasteiger charge is 2.17. The Labute approximate surface area is 115 Å². The van der Waals surface area contributed by atoms with Gasteiger partial charge in [-0.3, -0.25) is 4.90 Å². The molecule has 0 aliphatic heterocycles. The summed E-state index contributed by atoms with van der Waals surface area (Å²) in [6.45, 7) is 9.12. The summed E-state index contributed by atoms with van der Waals surface area (Å²) in [7, 11) is 0. The maximum absolute atomic E-state index is 5.86. The first-order chi connectivity index (χ1) is 9.21. The molecule has 3 heteroatoms. The van der Waals surface area contributed by atoms with E-state index in [2.05, 4.69) is 37.8 Å². The van der Waals surface area contributed by atoms with Gasteiger partial charge in [-0.2, -0.15) is 0 Å². The van der Waals surface area contributed by atoms with Crippen molar-refractivity contribution in [3.05, 3.63) is 35.6 Å². The molecule has 2 rings (SSSR count). The number of furan rings is 1. The molecule has 1 atom stereocenters. The third-order valence-electron chi connectivity index (χ3n) is 3.95. The van der Waals surface area contributed by atoms with Gasteiger partial charge < -0.3 is 10.2 Å². The third-order valence-corrected chi connectivity index (χ3v) is 3.95. The number of hydrogen-bond donors (Lipinski definition) is 1. The van der Waals surface area contributed by atoms with Gasteiger partial charge in [0.1, 0.15) is 11.3 Å². The second-order valence-corrected chi connectivity index (χ2v) is 5.02. The quantitative estimate of drug-likeness (QED) is 0.864. The van der Waals surface area contributed by atoms with E-state index in [4.69, 9.17) is 10.2 Å². The fraction of sp³-hybridized carbons (Fsp3) is 0.500. The van der Waals surface area contributed by atoms with Crippen molar-refractivity contribution in [1.82, 2.24) is 4.90 Å². The first-order valence-corrected chi connectivity index (χ1v) is 7.14. The fourth-order valence-electron chi connectivity index (χ4n) is 2.53. The van der Waals surface area contributed by atoms with E-state index in [1.54, 1.807) is 0 Å². The van der Waals surface area contributed by atoms with Gasteiger partial charge in [-0.1, -0.05) is 32.0 Å². The van der Waals surface area contributed by atoms with Crippen molar-refractivity contribution < 1.29 is 4.42 Å². The second kappa shape index (κ2) is 6.22. The number of rotatable bonds is 6. The second-order valence-electron chi connectivity index (χ2n) is 5.02. The molecular weight excluding hydrogens is 236 g/mol. The molecule has 2 N–H and O–H groups in total. The average Bonchev–Trinajstić information content (AvgIpc) is 2.81. The molecule has 0 aliphatic rings. The normalized spacial score (nSPS) is 13.3. The van der Waals surface area contributed by atoms with Crippen molar-refractivity contribution in [3.8, 4) is 0 Å². The van der Waals surface area contributed by atoms with E-state index < -0.39 is 0 Å². The lowest BCUT2D eigenvalue weighted by Gasteiger charge is -2.26. The Morgan fingerprint density at radius 3 is 2.63 bits per heavy atom. The number of para-hydroxylation sites is 1. The number of benzene rings is 1. The van der Waals surface area contributed by atoms with Crippen LogP contribution in [0.3, 0.4) is 0 Å². The van der Waals surface area contributed by atoms with Gasteiger partial charge in [-0.25, -0.2) is 0 Å². The molecule has 104 valence electrons. The molecular formula is C16H24N2O. The molecule has 0 saturated heterocycles. The van der Waals surface area contributed by atoms with Gasteiger partial charge in [0.15, 0.2) is 0 Å². The van der Waals surface area contributed by atoms with E-state index in [0.29, 0.717) is 12.6 Å². The summed E-state index contributed by atoms with van der Waals surface area (Å²) in [4.78, 5) is 2.47. The van der Waals surface area contributed by atoms with Crippen molar-refractivity contribution in [3.63, 3.8) is 0 Å². The van der Waals surface area contributed by atoms with Crippen LogP contribution in [0.1, 0.15) is 38.5 Å². The molecule has 0 amide bonds. The van der Waals surface area contributed by atoms with Crippen LogP contribution in [-0.2, 0) is 13.1 Å². The zero-order valence-electron chi connectivity index (χ0n) is 12.1. The van der Waals surface area contributed by atoms with Crippen molar-refractivity contribution in [2.45, 2.75) is 46.3 Å². The average molecular weight is 260 g/mol. The van der Waals surface area contributed by atoms with E-state index in [0.717, 1.165) is 30.9 Å². The number of fused-ring (bicyclic) bond motifs is 1. The number of nitrogens with zero attached hydrogens (tertiary/aromatic N) is 1. The maximum atomic E-state index is 5.86. The highest BCUT2D eigenvalue weighted by atomic mass is 16.3. The predicted molar refractivity (Wildman–Crippen MR) is 79.9 cm³/mol. The molecule has 2 aromatic rings. The van der Waals surface area contributed by atoms with E-state index in [9.17, 15) is 0 Å². The lowest BCUT2D eigenvalue weighted by atomic mass is 10.1. The highest BCUT2D eigenvalue weighted by Crippen LogP contribution is 2.27. The van der Waals surface area contributed by atoms with Gasteiger partial charge in [0.05, 0.1) is 6.54 Å². The molecule has 1 unspecified atom stereocenters. The molecule has 0 bridgehead atoms. The molecule has 0 fully saturated rings. The van der Waals surface area contributed by atoms with E-state index in [1.165, 1.54) is 10.9 Å². The summed E-state index contributed by atoms with van der Waals surface area (Å²) < 4.78 is 5.86. The molecule has 0 radical (unpaired) electrons. The summed E-state index contributed by atoms with van der Waals surface area (Å²) in [5.41, 5.74) is 8.02. The monoisotopic (exact) mass is 260 g/mol. The lowest BCUT2D eigenvalue weighted by molar-refractivity contribution is 0.205. The maximum Gasteiger partial charge on any atom is 0.134 e. The Hall–Kier alpha value is -1.32. The molecule has 1 heterocycles. The van der Waals surface area contributed by atoms with Gasteiger partial charge >= 0.3 is 0 Å². The summed E-state index contributed by atoms with van der Waals surface area (Å²) in [5, 5.41) is 1.20. The van der Waals surface area contributed by atoms with E-state index in [1.807, 2.05) is 12.1 Å². The third kappa shape index (κ3) is 2.82. The van der Waals surface area contributed by atoms with Crippen LogP contribution in [0.2, 0.25) is 0 Å². The molecule has 1 aromatic heterocycles. The van der Waals surface area contributed by atoms with Gasteiger partial charge in [-0.15, -0.1) is 0 Å². The Morgan fingerprint density at radius 1 is 1.26 bits per heavy atom. The van der Waals surface area contributed by atoms with Crippen molar-refractivity contribution in [2.24, 2.45) is 5.73 Å². The van der Waals surface area contributed by atoms with Crippen molar-refractivity contribution in [2.75, 3.05) is 6.54 Å². The standard InChI is InChI=1S/C16H24N2O/c1-4-12(3)18(5-2)11-14-13-8-6-7-9-15(13)19-16(14)10-17/h6-9,12H,4-5,10-11,17H2,1-3H3. The van der Waals surface area contributed by atoms with Crippen molar-refractivity contribution >= 4 is 11.0 Å². The van der Waals surface area contributed by atoms with Gasteiger partial charge in [0.2, 0.25) is 0 Å². The molecule has 0 aliphatic carbocycles. The van der Waals surface area contributed by atoms with E-state index >= 15 is 0 Å². The van der Waals surface area contributed by atoms with Crippen LogP contribution >= 0.6 is 0 Å². The predicted octanol–water partition coefficient (Wildman–Crippen LogP) is 3.51. The molecule has 19 heavy (non-hydrogen) atoms. The molecule has 0 spiro atoms. The smallest absolute Gasteiger partial charge is 0.134 e. The summed E-state index contributed by atoms with van der Waals surface area (Å²) in [6, 6.07) is 8.77. The molecule has 0 saturated carbocycles. The van der Waals surface area contributed by atoms with Crippen LogP contribution in [-0.4, -0.2) is 17.5 Å². The minimum absolute atomic E-state index is 0.460. The zero-order valence-corrected chi connectivity index (χ0v) is 12.1. The molecule has 1 aromatic carbocycles. The largest absolute Gasteiger partial charge is 0.459 e. The Bertz CT molecular complexity index is 533. The number of nitrogens with two attached hydrogens (primary N) is 1. The summed E-state index contributed by atoms with van der Waals surface area (Å²) >= 11 is 0. The Kier molecular flexibility index (Phi) is 4.61. The summed E-state index contributed by atoms with van der Waals surface area (Å²) in [5.74, 6) is 0.919. The Morgan fingerprint density at radius 2 is 2.00 bits per heavy atom. The van der Waals surface area contributed by atoms with Crippen LogP contribution in [0.25, 0.3) is 11.0 Å². The van der Waals surface area contributed by atoms with Crippen LogP contribution < -0.4 is 5.73 Å². The molecule has 3 nitrogen and oxygen atoms in total. The zero-order chi connectivity index (χ0) is 13.8. The van der Waals surface area contributed by atoms with Gasteiger partial charge in [0.25, 0.3) is 0 Å². The Balaban J connectivity index is 2.37. The van der Waals surface area contributed by atoms with Crippen LogP contribution in [0.5, 0.6) is 0 Å². The van der Waals surface area contributed by atoms with Crippen LogP contribution in [0.15, 0.2) is 28.7 Å². The van der Waals surface area contributed by atoms with E-state index in [-0.39, 0.29) is 0 Å².